The lowest BCUT2D eigenvalue weighted by Gasteiger charge is -2.23. The van der Waals surface area contributed by atoms with Crippen LogP contribution in [0.4, 0.5) is 11.5 Å². The van der Waals surface area contributed by atoms with E-state index >= 15 is 0 Å². The number of hydrogen-bond acceptors (Lipinski definition) is 4. The van der Waals surface area contributed by atoms with Crippen molar-refractivity contribution in [2.24, 2.45) is 0 Å². The maximum absolute atomic E-state index is 13.2. The number of fused-ring (bicyclic) bond motifs is 2. The Labute approximate surface area is 197 Å². The van der Waals surface area contributed by atoms with E-state index in [0.717, 1.165) is 86.3 Å². The van der Waals surface area contributed by atoms with Crippen molar-refractivity contribution in [2.45, 2.75) is 52.5 Å². The van der Waals surface area contributed by atoms with Crippen molar-refractivity contribution < 1.29 is 4.79 Å². The molecule has 3 aromatic rings. The smallest absolute Gasteiger partial charge is 0.238 e. The van der Waals surface area contributed by atoms with Gasteiger partial charge < -0.3 is 10.2 Å². The van der Waals surface area contributed by atoms with Crippen molar-refractivity contribution in [3.8, 4) is 0 Å². The molecule has 0 radical (unpaired) electrons. The van der Waals surface area contributed by atoms with Gasteiger partial charge in [0.15, 0.2) is 0 Å². The summed E-state index contributed by atoms with van der Waals surface area (Å²) in [5.74, 6) is 1.07. The van der Waals surface area contributed by atoms with Crippen molar-refractivity contribution in [1.82, 2.24) is 9.88 Å². The number of rotatable bonds is 11. The van der Waals surface area contributed by atoms with E-state index in [0.29, 0.717) is 6.54 Å². The summed E-state index contributed by atoms with van der Waals surface area (Å²) >= 11 is 0. The highest BCUT2D eigenvalue weighted by Gasteiger charge is 2.26. The van der Waals surface area contributed by atoms with E-state index in [1.807, 2.05) is 24.3 Å². The molecule has 1 amide bonds. The normalized spacial score (nSPS) is 13.0. The Balaban J connectivity index is 1.59. The molecule has 1 aliphatic heterocycles. The van der Waals surface area contributed by atoms with Crippen LogP contribution in [0.15, 0.2) is 54.6 Å². The lowest BCUT2D eigenvalue weighted by Crippen LogP contribution is -2.35. The third-order valence-corrected chi connectivity index (χ3v) is 6.41. The number of unbranched alkanes of at least 4 members (excludes halogenated alkanes) is 2. The average Bonchev–Trinajstić information content (AvgIpc) is 3.23. The Morgan fingerprint density at radius 2 is 1.70 bits per heavy atom. The SMILES string of the molecule is CCCCN(CCCC)CC(=O)Nc1c2c(nc3ccccc13)N(Cc1ccccc1)CC2. The lowest BCUT2D eigenvalue weighted by atomic mass is 10.1. The van der Waals surface area contributed by atoms with Crippen LogP contribution in [0.5, 0.6) is 0 Å². The summed E-state index contributed by atoms with van der Waals surface area (Å²) in [6, 6.07) is 18.7. The Hall–Kier alpha value is -2.92. The van der Waals surface area contributed by atoms with Gasteiger partial charge in [-0.3, -0.25) is 9.69 Å². The number of hydrogen-bond donors (Lipinski definition) is 1. The second-order valence-corrected chi connectivity index (χ2v) is 8.99. The number of amides is 1. The molecule has 5 nitrogen and oxygen atoms in total. The molecule has 0 unspecified atom stereocenters. The van der Waals surface area contributed by atoms with Crippen LogP contribution in [0.3, 0.4) is 0 Å². The molecule has 1 N–H and O–H groups in total. The first-order valence-electron chi connectivity index (χ1n) is 12.4. The van der Waals surface area contributed by atoms with E-state index in [-0.39, 0.29) is 5.91 Å². The van der Waals surface area contributed by atoms with Gasteiger partial charge in [-0.05, 0) is 44.0 Å². The quantitative estimate of drug-likeness (QED) is 0.416. The van der Waals surface area contributed by atoms with Gasteiger partial charge in [0.2, 0.25) is 5.91 Å². The predicted molar refractivity (Wildman–Crippen MR) is 138 cm³/mol. The van der Waals surface area contributed by atoms with E-state index < -0.39 is 0 Å². The van der Waals surface area contributed by atoms with Gasteiger partial charge in [0.25, 0.3) is 0 Å². The summed E-state index contributed by atoms with van der Waals surface area (Å²) in [5, 5.41) is 4.33. The molecule has 0 saturated carbocycles. The van der Waals surface area contributed by atoms with Crippen LogP contribution in [-0.4, -0.2) is 42.0 Å². The van der Waals surface area contributed by atoms with Gasteiger partial charge >= 0.3 is 0 Å². The highest BCUT2D eigenvalue weighted by Crippen LogP contribution is 2.38. The number of pyridine rings is 1. The summed E-state index contributed by atoms with van der Waals surface area (Å²) in [5.41, 5.74) is 4.31. The molecule has 0 fully saturated rings. The zero-order valence-corrected chi connectivity index (χ0v) is 20.0. The number of nitrogens with zero attached hydrogens (tertiary/aromatic N) is 3. The summed E-state index contributed by atoms with van der Waals surface area (Å²) in [6.07, 6.45) is 5.43. The van der Waals surface area contributed by atoms with E-state index in [2.05, 4.69) is 59.3 Å². The molecule has 1 aliphatic rings. The molecule has 0 bridgehead atoms. The van der Waals surface area contributed by atoms with Gasteiger partial charge in [-0.2, -0.15) is 0 Å². The lowest BCUT2D eigenvalue weighted by molar-refractivity contribution is -0.117. The standard InChI is InChI=1S/C28H36N4O/c1-3-5-17-31(18-6-4-2)21-26(33)30-27-23-14-10-11-15-25(23)29-28-24(27)16-19-32(28)20-22-12-8-7-9-13-22/h7-15H,3-6,16-21H2,1-2H3,(H,29,30,33). The summed E-state index contributed by atoms with van der Waals surface area (Å²) in [7, 11) is 0. The zero-order chi connectivity index (χ0) is 23.0. The highest BCUT2D eigenvalue weighted by atomic mass is 16.2. The first-order valence-corrected chi connectivity index (χ1v) is 12.4. The van der Waals surface area contributed by atoms with Crippen LogP contribution in [-0.2, 0) is 17.8 Å². The molecule has 0 spiro atoms. The van der Waals surface area contributed by atoms with Gasteiger partial charge in [0.1, 0.15) is 5.82 Å². The predicted octanol–water partition coefficient (Wildman–Crippen LogP) is 5.64. The summed E-state index contributed by atoms with van der Waals surface area (Å²) in [4.78, 5) is 22.8. The second kappa shape index (κ2) is 11.3. The van der Waals surface area contributed by atoms with Crippen LogP contribution in [0.2, 0.25) is 0 Å². The zero-order valence-electron chi connectivity index (χ0n) is 20.0. The van der Waals surface area contributed by atoms with Gasteiger partial charge in [-0.25, -0.2) is 4.98 Å². The van der Waals surface area contributed by atoms with Crippen LogP contribution in [0.1, 0.15) is 50.7 Å². The first kappa shape index (κ1) is 23.2. The molecule has 1 aromatic heterocycles. The fourth-order valence-electron chi connectivity index (χ4n) is 4.61. The van der Waals surface area contributed by atoms with Crippen molar-refractivity contribution in [3.05, 3.63) is 65.7 Å². The van der Waals surface area contributed by atoms with Crippen LogP contribution in [0, 0.1) is 0 Å². The van der Waals surface area contributed by atoms with Crippen molar-refractivity contribution in [1.29, 1.82) is 0 Å². The van der Waals surface area contributed by atoms with Gasteiger partial charge in [0, 0.05) is 24.0 Å². The fourth-order valence-corrected chi connectivity index (χ4v) is 4.61. The van der Waals surface area contributed by atoms with Crippen molar-refractivity contribution in [3.63, 3.8) is 0 Å². The molecule has 0 aliphatic carbocycles. The van der Waals surface area contributed by atoms with E-state index in [1.165, 1.54) is 5.56 Å². The van der Waals surface area contributed by atoms with Crippen molar-refractivity contribution >= 4 is 28.3 Å². The van der Waals surface area contributed by atoms with E-state index in [1.54, 1.807) is 0 Å². The number of para-hydroxylation sites is 1. The second-order valence-electron chi connectivity index (χ2n) is 8.99. The minimum absolute atomic E-state index is 0.0715. The Bertz CT molecular complexity index is 1060. The monoisotopic (exact) mass is 444 g/mol. The first-order chi connectivity index (χ1) is 16.2. The van der Waals surface area contributed by atoms with Crippen LogP contribution in [0.25, 0.3) is 10.9 Å². The number of aromatic nitrogens is 1. The number of nitrogens with one attached hydrogen (secondary N) is 1. The van der Waals surface area contributed by atoms with Gasteiger partial charge in [-0.15, -0.1) is 0 Å². The van der Waals surface area contributed by atoms with Gasteiger partial charge in [0.05, 0.1) is 17.7 Å². The minimum atomic E-state index is 0.0715. The largest absolute Gasteiger partial charge is 0.352 e. The highest BCUT2D eigenvalue weighted by molar-refractivity contribution is 6.04. The average molecular weight is 445 g/mol. The Kier molecular flexibility index (Phi) is 7.95. The third kappa shape index (κ3) is 5.72. The van der Waals surface area contributed by atoms with Crippen molar-refractivity contribution in [2.75, 3.05) is 36.4 Å². The third-order valence-electron chi connectivity index (χ3n) is 6.41. The topological polar surface area (TPSA) is 48.5 Å². The molecule has 0 saturated heterocycles. The Morgan fingerprint density at radius 3 is 2.42 bits per heavy atom. The number of carbonyl (C=O) groups excluding carboxylic acids is 1. The maximum Gasteiger partial charge on any atom is 0.238 e. The van der Waals surface area contributed by atoms with Crippen LogP contribution < -0.4 is 10.2 Å². The molecule has 5 heteroatoms. The molecule has 33 heavy (non-hydrogen) atoms. The number of anilines is 2. The summed E-state index contributed by atoms with van der Waals surface area (Å²) in [6.45, 7) is 8.54. The fraction of sp³-hybridized carbons (Fsp3) is 0.429. The van der Waals surface area contributed by atoms with E-state index in [9.17, 15) is 4.79 Å². The molecule has 2 aromatic carbocycles. The minimum Gasteiger partial charge on any atom is -0.352 e. The molecule has 2 heterocycles. The Morgan fingerprint density at radius 1 is 1.00 bits per heavy atom. The number of carbonyl (C=O) groups is 1. The van der Waals surface area contributed by atoms with E-state index in [4.69, 9.17) is 4.98 Å². The molecular formula is C28H36N4O. The molecule has 4 rings (SSSR count). The summed E-state index contributed by atoms with van der Waals surface area (Å²) < 4.78 is 0. The number of benzene rings is 2. The molecule has 174 valence electrons. The van der Waals surface area contributed by atoms with Gasteiger partial charge in [-0.1, -0.05) is 75.2 Å². The molecule has 0 atom stereocenters. The maximum atomic E-state index is 13.2. The molecular weight excluding hydrogens is 408 g/mol. The van der Waals surface area contributed by atoms with Crippen LogP contribution >= 0.6 is 0 Å².